The number of fused-ring (bicyclic) bond motifs is 4. The van der Waals surface area contributed by atoms with Crippen molar-refractivity contribution < 1.29 is 0 Å². The van der Waals surface area contributed by atoms with E-state index in [2.05, 4.69) is 158 Å². The summed E-state index contributed by atoms with van der Waals surface area (Å²) in [5.41, 5.74) is 7.62. The minimum absolute atomic E-state index is 1.23. The Morgan fingerprint density at radius 1 is 0.250 bits per heavy atom. The maximum absolute atomic E-state index is 2.34. The molecule has 0 aliphatic carbocycles. The minimum Gasteiger partial charge on any atom is -0.0622 e. The van der Waals surface area contributed by atoms with Gasteiger partial charge in [-0.15, -0.1) is 0 Å². The molecule has 0 aromatic heterocycles. The van der Waals surface area contributed by atoms with Crippen LogP contribution in [0.4, 0.5) is 0 Å². The highest BCUT2D eigenvalue weighted by atomic mass is 14.2. The Labute approximate surface area is 233 Å². The van der Waals surface area contributed by atoms with E-state index in [4.69, 9.17) is 0 Å². The maximum Gasteiger partial charge on any atom is -0.00139 e. The number of hydrogen-bond acceptors (Lipinski definition) is 0. The predicted octanol–water partition coefficient (Wildman–Crippen LogP) is 11.3. The van der Waals surface area contributed by atoms with Gasteiger partial charge in [-0.1, -0.05) is 152 Å². The Morgan fingerprint density at radius 2 is 0.750 bits per heavy atom. The van der Waals surface area contributed by atoms with Crippen LogP contribution in [0, 0.1) is 0 Å². The van der Waals surface area contributed by atoms with Gasteiger partial charge in [0.05, 0.1) is 0 Å². The van der Waals surface area contributed by atoms with E-state index in [9.17, 15) is 0 Å². The Bertz CT molecular complexity index is 2150. The Morgan fingerprint density at radius 3 is 1.43 bits per heavy atom. The van der Waals surface area contributed by atoms with Crippen molar-refractivity contribution in [3.63, 3.8) is 0 Å². The van der Waals surface area contributed by atoms with E-state index in [1.807, 2.05) is 0 Å². The smallest absolute Gasteiger partial charge is 0.00139 e. The van der Waals surface area contributed by atoms with Gasteiger partial charge >= 0.3 is 0 Å². The fourth-order valence-electron chi connectivity index (χ4n) is 6.45. The van der Waals surface area contributed by atoms with Gasteiger partial charge in [0.2, 0.25) is 0 Å². The standard InChI is InChI=1S/C40H26/c1-2-13-28(14-3-1)33-25-24-29-15-6-7-17-32(29)39(33)40-36-20-10-8-18-34(36)38(35-19-9-11-21-37(35)40)31-23-22-27-12-4-5-16-30(27)26-31/h1-26H. The third kappa shape index (κ3) is 3.54. The van der Waals surface area contributed by atoms with Gasteiger partial charge in [-0.3, -0.25) is 0 Å². The van der Waals surface area contributed by atoms with E-state index in [1.54, 1.807) is 0 Å². The lowest BCUT2D eigenvalue weighted by Crippen LogP contribution is -1.94. The molecule has 0 spiro atoms. The number of rotatable bonds is 3. The molecule has 0 nitrogen and oxygen atoms in total. The highest BCUT2D eigenvalue weighted by Gasteiger charge is 2.20. The molecule has 0 bridgehead atoms. The average Bonchev–Trinajstić information content (AvgIpc) is 3.03. The SMILES string of the molecule is c1ccc(-c2ccc3ccccc3c2-c2c3ccccc3c(-c3ccc4ccccc4c3)c3ccccc23)cc1. The van der Waals surface area contributed by atoms with E-state index in [1.165, 1.54) is 76.5 Å². The van der Waals surface area contributed by atoms with Gasteiger partial charge in [0.1, 0.15) is 0 Å². The molecule has 0 saturated carbocycles. The van der Waals surface area contributed by atoms with Crippen molar-refractivity contribution in [2.45, 2.75) is 0 Å². The van der Waals surface area contributed by atoms with E-state index in [0.717, 1.165) is 0 Å². The summed E-state index contributed by atoms with van der Waals surface area (Å²) in [6.07, 6.45) is 0. The van der Waals surface area contributed by atoms with Gasteiger partial charge < -0.3 is 0 Å². The molecule has 0 aliphatic heterocycles. The van der Waals surface area contributed by atoms with Crippen molar-refractivity contribution in [1.82, 2.24) is 0 Å². The van der Waals surface area contributed by atoms with Gasteiger partial charge in [0, 0.05) is 0 Å². The van der Waals surface area contributed by atoms with Gasteiger partial charge in [0.25, 0.3) is 0 Å². The fraction of sp³-hybridized carbons (Fsp3) is 0. The van der Waals surface area contributed by atoms with Crippen LogP contribution in [0.2, 0.25) is 0 Å². The third-order valence-corrected chi connectivity index (χ3v) is 8.23. The first-order chi connectivity index (χ1) is 19.9. The van der Waals surface area contributed by atoms with E-state index in [0.29, 0.717) is 0 Å². The molecule has 0 radical (unpaired) electrons. The lowest BCUT2D eigenvalue weighted by atomic mass is 9.82. The van der Waals surface area contributed by atoms with Crippen molar-refractivity contribution >= 4 is 43.1 Å². The van der Waals surface area contributed by atoms with Crippen LogP contribution in [-0.4, -0.2) is 0 Å². The normalized spacial score (nSPS) is 11.5. The molecular weight excluding hydrogens is 480 g/mol. The molecule has 8 aromatic carbocycles. The molecule has 0 saturated heterocycles. The minimum atomic E-state index is 1.23. The topological polar surface area (TPSA) is 0 Å². The summed E-state index contributed by atoms with van der Waals surface area (Å²) in [5, 5.41) is 10.2. The van der Waals surface area contributed by atoms with Crippen LogP contribution in [0.3, 0.4) is 0 Å². The summed E-state index contributed by atoms with van der Waals surface area (Å²) in [7, 11) is 0. The lowest BCUT2D eigenvalue weighted by molar-refractivity contribution is 1.63. The van der Waals surface area contributed by atoms with Gasteiger partial charge in [0.15, 0.2) is 0 Å². The zero-order chi connectivity index (χ0) is 26.5. The van der Waals surface area contributed by atoms with Crippen molar-refractivity contribution in [2.24, 2.45) is 0 Å². The quantitative estimate of drug-likeness (QED) is 0.209. The molecular formula is C40H26. The first kappa shape index (κ1) is 22.8. The molecule has 8 aromatic rings. The van der Waals surface area contributed by atoms with Crippen molar-refractivity contribution in [2.75, 3.05) is 0 Å². The highest BCUT2D eigenvalue weighted by Crippen LogP contribution is 2.48. The molecule has 0 heteroatoms. The maximum atomic E-state index is 2.34. The third-order valence-electron chi connectivity index (χ3n) is 8.23. The largest absolute Gasteiger partial charge is 0.0622 e. The van der Waals surface area contributed by atoms with Gasteiger partial charge in [-0.2, -0.15) is 0 Å². The van der Waals surface area contributed by atoms with Crippen LogP contribution in [-0.2, 0) is 0 Å². The predicted molar refractivity (Wildman–Crippen MR) is 173 cm³/mol. The fourth-order valence-corrected chi connectivity index (χ4v) is 6.45. The summed E-state index contributed by atoms with van der Waals surface area (Å²) in [5.74, 6) is 0. The van der Waals surface area contributed by atoms with Crippen LogP contribution in [0.15, 0.2) is 158 Å². The highest BCUT2D eigenvalue weighted by molar-refractivity contribution is 6.25. The second-order valence-electron chi connectivity index (χ2n) is 10.5. The number of benzene rings is 8. The second kappa shape index (κ2) is 9.22. The van der Waals surface area contributed by atoms with Crippen LogP contribution in [0.1, 0.15) is 0 Å². The molecule has 0 atom stereocenters. The molecule has 0 unspecified atom stereocenters. The molecule has 0 aliphatic rings. The Hall–Kier alpha value is -5.20. The van der Waals surface area contributed by atoms with Crippen molar-refractivity contribution in [1.29, 1.82) is 0 Å². The summed E-state index contributed by atoms with van der Waals surface area (Å²) >= 11 is 0. The van der Waals surface area contributed by atoms with Crippen LogP contribution in [0.25, 0.3) is 76.5 Å². The van der Waals surface area contributed by atoms with Crippen molar-refractivity contribution in [3.8, 4) is 33.4 Å². The summed E-state index contributed by atoms with van der Waals surface area (Å²) < 4.78 is 0. The zero-order valence-electron chi connectivity index (χ0n) is 22.0. The molecule has 0 fully saturated rings. The van der Waals surface area contributed by atoms with Gasteiger partial charge in [-0.05, 0) is 82.5 Å². The molecule has 8 rings (SSSR count). The summed E-state index contributed by atoms with van der Waals surface area (Å²) in [6.45, 7) is 0. The Balaban J connectivity index is 1.56. The van der Waals surface area contributed by atoms with E-state index in [-0.39, 0.29) is 0 Å². The monoisotopic (exact) mass is 506 g/mol. The van der Waals surface area contributed by atoms with Crippen LogP contribution in [0.5, 0.6) is 0 Å². The van der Waals surface area contributed by atoms with Crippen LogP contribution >= 0.6 is 0 Å². The molecule has 0 amide bonds. The lowest BCUT2D eigenvalue weighted by Gasteiger charge is -2.21. The van der Waals surface area contributed by atoms with E-state index >= 15 is 0 Å². The summed E-state index contributed by atoms with van der Waals surface area (Å²) in [6, 6.07) is 57.6. The van der Waals surface area contributed by atoms with Crippen molar-refractivity contribution in [3.05, 3.63) is 158 Å². The van der Waals surface area contributed by atoms with Crippen LogP contribution < -0.4 is 0 Å². The second-order valence-corrected chi connectivity index (χ2v) is 10.5. The Kier molecular flexibility index (Phi) is 5.24. The van der Waals surface area contributed by atoms with E-state index < -0.39 is 0 Å². The molecule has 186 valence electrons. The van der Waals surface area contributed by atoms with Gasteiger partial charge in [-0.25, -0.2) is 0 Å². The average molecular weight is 507 g/mol. The molecule has 0 heterocycles. The first-order valence-corrected chi connectivity index (χ1v) is 13.9. The zero-order valence-corrected chi connectivity index (χ0v) is 22.0. The first-order valence-electron chi connectivity index (χ1n) is 13.9. The molecule has 0 N–H and O–H groups in total. The summed E-state index contributed by atoms with van der Waals surface area (Å²) in [4.78, 5) is 0. The number of hydrogen-bond donors (Lipinski definition) is 0. The molecule has 40 heavy (non-hydrogen) atoms.